The molecule has 0 aliphatic carbocycles. The molecule has 0 aliphatic rings. The van der Waals surface area contributed by atoms with Crippen molar-refractivity contribution in [2.45, 2.75) is 0 Å². The minimum atomic E-state index is -0.672. The average molecular weight is 431 g/mol. The predicted molar refractivity (Wildman–Crippen MR) is 112 cm³/mol. The summed E-state index contributed by atoms with van der Waals surface area (Å²) in [5, 5.41) is 14.6. The number of hydrogen-bond acceptors (Lipinski definition) is 6. The Morgan fingerprint density at radius 3 is 2.69 bits per heavy atom. The number of aromatic nitrogens is 2. The van der Waals surface area contributed by atoms with Crippen LogP contribution in [0.1, 0.15) is 15.9 Å². The lowest BCUT2D eigenvalue weighted by Gasteiger charge is -2.14. The number of hydrazone groups is 1. The van der Waals surface area contributed by atoms with Crippen LogP contribution in [0.3, 0.4) is 0 Å². The summed E-state index contributed by atoms with van der Waals surface area (Å²) in [6.07, 6.45) is 1.02. The van der Waals surface area contributed by atoms with Crippen molar-refractivity contribution in [1.82, 2.24) is 15.0 Å². The number of H-pyrrole nitrogens is 1. The lowest BCUT2D eigenvalue weighted by atomic mass is 10.2. The Labute approximate surface area is 175 Å². The van der Waals surface area contributed by atoms with Crippen molar-refractivity contribution in [2.75, 3.05) is 7.11 Å². The minimum absolute atomic E-state index is 0.0331. The third-order valence-corrected chi connectivity index (χ3v) is 4.54. The van der Waals surface area contributed by atoms with Crippen molar-refractivity contribution >= 4 is 35.9 Å². The normalized spacial score (nSPS) is 10.8. The number of benzene rings is 2. The molecule has 0 atom stereocenters. The summed E-state index contributed by atoms with van der Waals surface area (Å²) >= 11 is 11.1. The number of amides is 1. The highest BCUT2D eigenvalue weighted by Crippen LogP contribution is 2.26. The van der Waals surface area contributed by atoms with E-state index in [1.165, 1.54) is 17.7 Å². The second-order valence-corrected chi connectivity index (χ2v) is 6.48. The van der Waals surface area contributed by atoms with Gasteiger partial charge in [-0.05, 0) is 36.5 Å². The number of halogens is 1. The SMILES string of the molecule is COc1ccccc1-n1c(O)c(/C=N/NC(=O)c2ccccc2Cl)c(=O)[nH]c1=S. The number of rotatable bonds is 5. The molecule has 1 aromatic heterocycles. The Balaban J connectivity index is 1.98. The van der Waals surface area contributed by atoms with Crippen LogP contribution in [0.2, 0.25) is 5.02 Å². The molecule has 0 spiro atoms. The molecule has 3 rings (SSSR count). The number of nitrogens with zero attached hydrogens (tertiary/aromatic N) is 2. The molecule has 10 heteroatoms. The van der Waals surface area contributed by atoms with Crippen LogP contribution in [0, 0.1) is 4.77 Å². The Hall–Kier alpha value is -3.43. The molecule has 0 radical (unpaired) electrons. The summed E-state index contributed by atoms with van der Waals surface area (Å²) in [6.45, 7) is 0. The number of methoxy groups -OCH3 is 1. The van der Waals surface area contributed by atoms with Crippen molar-refractivity contribution in [1.29, 1.82) is 0 Å². The van der Waals surface area contributed by atoms with E-state index in [4.69, 9.17) is 28.6 Å². The summed E-state index contributed by atoms with van der Waals surface area (Å²) < 4.78 is 6.48. The fraction of sp³-hybridized carbons (Fsp3) is 0.0526. The zero-order valence-electron chi connectivity index (χ0n) is 15.0. The van der Waals surface area contributed by atoms with Gasteiger partial charge >= 0.3 is 0 Å². The van der Waals surface area contributed by atoms with E-state index in [1.807, 2.05) is 0 Å². The van der Waals surface area contributed by atoms with E-state index < -0.39 is 17.3 Å². The monoisotopic (exact) mass is 430 g/mol. The smallest absolute Gasteiger partial charge is 0.272 e. The molecule has 2 aromatic carbocycles. The van der Waals surface area contributed by atoms with Crippen LogP contribution >= 0.6 is 23.8 Å². The van der Waals surface area contributed by atoms with Gasteiger partial charge in [-0.3, -0.25) is 19.1 Å². The van der Waals surface area contributed by atoms with Gasteiger partial charge in [-0.25, -0.2) is 5.43 Å². The van der Waals surface area contributed by atoms with Crippen LogP contribution in [0.5, 0.6) is 11.6 Å². The molecule has 148 valence electrons. The van der Waals surface area contributed by atoms with Gasteiger partial charge in [0, 0.05) is 0 Å². The molecular formula is C19H15ClN4O4S. The first-order valence-corrected chi connectivity index (χ1v) is 9.02. The van der Waals surface area contributed by atoms with Crippen LogP contribution in [-0.2, 0) is 0 Å². The topological polar surface area (TPSA) is 109 Å². The Morgan fingerprint density at radius 1 is 1.28 bits per heavy atom. The Morgan fingerprint density at radius 2 is 1.97 bits per heavy atom. The molecule has 0 aliphatic heterocycles. The number of carbonyl (C=O) groups is 1. The number of nitrogens with one attached hydrogen (secondary N) is 2. The van der Waals surface area contributed by atoms with Gasteiger partial charge in [0.25, 0.3) is 11.5 Å². The number of ether oxygens (including phenoxy) is 1. The number of aromatic hydroxyl groups is 1. The first-order valence-electron chi connectivity index (χ1n) is 8.23. The number of para-hydroxylation sites is 2. The van der Waals surface area contributed by atoms with Crippen molar-refractivity contribution in [3.05, 3.63) is 79.8 Å². The van der Waals surface area contributed by atoms with E-state index in [1.54, 1.807) is 42.5 Å². The molecule has 3 aromatic rings. The lowest BCUT2D eigenvalue weighted by Crippen LogP contribution is -2.21. The first kappa shape index (κ1) is 20.3. The minimum Gasteiger partial charge on any atom is -0.495 e. The molecule has 0 unspecified atom stereocenters. The second-order valence-electron chi connectivity index (χ2n) is 5.68. The zero-order chi connectivity index (χ0) is 21.0. The molecule has 0 saturated heterocycles. The van der Waals surface area contributed by atoms with E-state index in [2.05, 4.69) is 15.5 Å². The van der Waals surface area contributed by atoms with Gasteiger partial charge in [-0.15, -0.1) is 0 Å². The van der Waals surface area contributed by atoms with Crippen LogP contribution in [0.25, 0.3) is 5.69 Å². The van der Waals surface area contributed by atoms with E-state index in [9.17, 15) is 14.7 Å². The molecule has 8 nitrogen and oxygen atoms in total. The van der Waals surface area contributed by atoms with Gasteiger partial charge in [0.2, 0.25) is 5.88 Å². The first-order chi connectivity index (χ1) is 13.9. The third kappa shape index (κ3) is 4.20. The second kappa shape index (κ2) is 8.72. The molecule has 1 heterocycles. The largest absolute Gasteiger partial charge is 0.495 e. The fourth-order valence-corrected chi connectivity index (χ4v) is 3.05. The summed E-state index contributed by atoms with van der Waals surface area (Å²) in [7, 11) is 1.47. The summed E-state index contributed by atoms with van der Waals surface area (Å²) in [5.41, 5.74) is 2.02. The Bertz CT molecular complexity index is 1220. The summed E-state index contributed by atoms with van der Waals surface area (Å²) in [4.78, 5) is 26.9. The lowest BCUT2D eigenvalue weighted by molar-refractivity contribution is 0.0955. The Kier molecular flexibility index (Phi) is 6.10. The average Bonchev–Trinajstić information content (AvgIpc) is 2.70. The highest BCUT2D eigenvalue weighted by molar-refractivity contribution is 7.71. The molecule has 3 N–H and O–H groups in total. The third-order valence-electron chi connectivity index (χ3n) is 3.93. The summed E-state index contributed by atoms with van der Waals surface area (Å²) in [6, 6.07) is 13.2. The molecule has 1 amide bonds. The van der Waals surface area contributed by atoms with Crippen LogP contribution < -0.4 is 15.7 Å². The summed E-state index contributed by atoms with van der Waals surface area (Å²) in [5.74, 6) is -0.597. The van der Waals surface area contributed by atoms with Gasteiger partial charge in [-0.1, -0.05) is 35.9 Å². The zero-order valence-corrected chi connectivity index (χ0v) is 16.6. The maximum Gasteiger partial charge on any atom is 0.272 e. The van der Waals surface area contributed by atoms with Crippen molar-refractivity contribution < 1.29 is 14.6 Å². The van der Waals surface area contributed by atoms with Crippen molar-refractivity contribution in [2.24, 2.45) is 5.10 Å². The highest BCUT2D eigenvalue weighted by atomic mass is 35.5. The van der Waals surface area contributed by atoms with E-state index >= 15 is 0 Å². The van der Waals surface area contributed by atoms with Crippen LogP contribution in [-0.4, -0.2) is 33.9 Å². The van der Waals surface area contributed by atoms with Crippen molar-refractivity contribution in [3.63, 3.8) is 0 Å². The predicted octanol–water partition coefficient (Wildman–Crippen LogP) is 3.03. The van der Waals surface area contributed by atoms with Gasteiger partial charge in [-0.2, -0.15) is 5.10 Å². The van der Waals surface area contributed by atoms with E-state index in [0.717, 1.165) is 6.21 Å². The van der Waals surface area contributed by atoms with Gasteiger partial charge < -0.3 is 9.84 Å². The van der Waals surface area contributed by atoms with Crippen LogP contribution in [0.15, 0.2) is 58.4 Å². The van der Waals surface area contributed by atoms with Gasteiger partial charge in [0.15, 0.2) is 4.77 Å². The standard InChI is InChI=1S/C19H15ClN4O4S/c1-28-15-9-5-4-8-14(15)24-18(27)12(16(25)22-19(24)29)10-21-23-17(26)11-6-2-3-7-13(11)20/h2-10,27H,1H3,(H,23,26)(H,22,25,29)/b21-10+. The fourth-order valence-electron chi connectivity index (χ4n) is 2.55. The van der Waals surface area contributed by atoms with Crippen LogP contribution in [0.4, 0.5) is 0 Å². The molecular weight excluding hydrogens is 416 g/mol. The number of carbonyl (C=O) groups excluding carboxylic acids is 1. The number of hydrogen-bond donors (Lipinski definition) is 3. The van der Waals surface area contributed by atoms with E-state index in [0.29, 0.717) is 11.4 Å². The van der Waals surface area contributed by atoms with Gasteiger partial charge in [0.1, 0.15) is 11.3 Å². The quantitative estimate of drug-likeness (QED) is 0.327. The maximum atomic E-state index is 12.2. The van der Waals surface area contributed by atoms with Crippen molar-refractivity contribution in [3.8, 4) is 17.3 Å². The number of aromatic amines is 1. The highest BCUT2D eigenvalue weighted by Gasteiger charge is 2.15. The van der Waals surface area contributed by atoms with Gasteiger partial charge in [0.05, 0.1) is 29.6 Å². The maximum absolute atomic E-state index is 12.2. The molecule has 0 saturated carbocycles. The van der Waals surface area contributed by atoms with E-state index in [-0.39, 0.29) is 20.9 Å². The molecule has 0 bridgehead atoms. The molecule has 0 fully saturated rings. The molecule has 29 heavy (non-hydrogen) atoms.